The van der Waals surface area contributed by atoms with Crippen LogP contribution < -0.4 is 24.8 Å². The summed E-state index contributed by atoms with van der Waals surface area (Å²) in [4.78, 5) is 26.4. The van der Waals surface area contributed by atoms with Gasteiger partial charge in [-0.05, 0) is 43.2 Å². The van der Waals surface area contributed by atoms with E-state index in [-0.39, 0.29) is 18.6 Å². The van der Waals surface area contributed by atoms with Crippen LogP contribution in [0.5, 0.6) is 17.2 Å². The van der Waals surface area contributed by atoms with Crippen molar-refractivity contribution in [1.82, 2.24) is 25.2 Å². The number of nitrogens with one attached hydrogen (secondary N) is 3. The zero-order chi connectivity index (χ0) is 28.1. The second-order valence-corrected chi connectivity index (χ2v) is 10.0. The number of carbonyl (C=O) groups is 1. The molecule has 1 aliphatic rings. The smallest absolute Gasteiger partial charge is 0.257 e. The van der Waals surface area contributed by atoms with E-state index in [1.807, 2.05) is 24.3 Å². The van der Waals surface area contributed by atoms with Crippen LogP contribution >= 0.6 is 11.6 Å². The molecular weight excluding hydrogens is 532 g/mol. The van der Waals surface area contributed by atoms with Crippen molar-refractivity contribution in [2.75, 3.05) is 46.3 Å². The van der Waals surface area contributed by atoms with E-state index in [2.05, 4.69) is 36.6 Å². The summed E-state index contributed by atoms with van der Waals surface area (Å²) in [6.45, 7) is 2.68. The van der Waals surface area contributed by atoms with Crippen molar-refractivity contribution >= 4 is 34.4 Å². The number of aromatic amines is 1. The van der Waals surface area contributed by atoms with E-state index in [0.717, 1.165) is 66.3 Å². The van der Waals surface area contributed by atoms with Crippen molar-refractivity contribution in [2.24, 2.45) is 0 Å². The number of methoxy groups -OCH3 is 2. The Balaban J connectivity index is 1.24. The van der Waals surface area contributed by atoms with Crippen molar-refractivity contribution in [1.29, 1.82) is 0 Å². The van der Waals surface area contributed by atoms with Crippen LogP contribution in [0.3, 0.4) is 0 Å². The molecule has 3 heterocycles. The average Bonchev–Trinajstić information content (AvgIpc) is 3.43. The summed E-state index contributed by atoms with van der Waals surface area (Å²) in [5, 5.41) is 6.73. The van der Waals surface area contributed by atoms with E-state index in [0.29, 0.717) is 22.2 Å². The minimum Gasteiger partial charge on any atom is -0.497 e. The van der Waals surface area contributed by atoms with Crippen LogP contribution in [0.15, 0.2) is 48.7 Å². The van der Waals surface area contributed by atoms with Crippen molar-refractivity contribution in [3.05, 3.63) is 59.2 Å². The number of nitrogens with zero attached hydrogens (tertiary/aromatic N) is 3. The van der Waals surface area contributed by atoms with Crippen molar-refractivity contribution in [3.8, 4) is 28.6 Å². The number of ether oxygens (including phenoxy) is 3. The summed E-state index contributed by atoms with van der Waals surface area (Å²) in [6.07, 6.45) is 3.58. The Morgan fingerprint density at radius 3 is 2.55 bits per heavy atom. The van der Waals surface area contributed by atoms with Crippen molar-refractivity contribution in [3.63, 3.8) is 0 Å². The molecular formula is C29H33ClN6O4. The van der Waals surface area contributed by atoms with Crippen LogP contribution in [-0.4, -0.2) is 72.8 Å². The van der Waals surface area contributed by atoms with Crippen LogP contribution in [0.4, 0.5) is 5.69 Å². The van der Waals surface area contributed by atoms with E-state index in [4.69, 9.17) is 25.8 Å². The van der Waals surface area contributed by atoms with E-state index < -0.39 is 0 Å². The Hall–Kier alpha value is -4.02. The lowest BCUT2D eigenvalue weighted by molar-refractivity contribution is -0.122. The molecule has 1 fully saturated rings. The lowest BCUT2D eigenvalue weighted by atomic mass is 10.0. The molecule has 210 valence electrons. The number of likely N-dealkylation sites (tertiary alicyclic amines) is 1. The number of imidazole rings is 1. The number of rotatable bonds is 10. The highest BCUT2D eigenvalue weighted by Crippen LogP contribution is 2.33. The molecule has 0 radical (unpaired) electrons. The van der Waals surface area contributed by atoms with E-state index >= 15 is 0 Å². The number of piperidine rings is 1. The molecule has 1 aliphatic heterocycles. The molecule has 0 saturated carbocycles. The van der Waals surface area contributed by atoms with Gasteiger partial charge in [-0.1, -0.05) is 17.7 Å². The number of hydrogen-bond acceptors (Lipinski definition) is 8. The highest BCUT2D eigenvalue weighted by Gasteiger charge is 2.23. The Labute approximate surface area is 238 Å². The average molecular weight is 565 g/mol. The van der Waals surface area contributed by atoms with Gasteiger partial charge in [0.25, 0.3) is 5.91 Å². The Bertz CT molecular complexity index is 1470. The SMILES string of the molecule is CNC(=O)COc1ccc(-c2nc3ncc(Cl)c(NC4CCN(Cc5ccc(OC)cc5OC)CC4)c3[nH]2)cc1. The molecule has 0 atom stereocenters. The van der Waals surface area contributed by atoms with E-state index in [1.54, 1.807) is 39.6 Å². The lowest BCUT2D eigenvalue weighted by Crippen LogP contribution is -2.38. The number of benzene rings is 2. The van der Waals surface area contributed by atoms with Gasteiger partial charge in [0.05, 0.1) is 31.1 Å². The largest absolute Gasteiger partial charge is 0.497 e. The molecule has 0 spiro atoms. The first kappa shape index (κ1) is 27.5. The van der Waals surface area contributed by atoms with Gasteiger partial charge in [-0.3, -0.25) is 9.69 Å². The maximum absolute atomic E-state index is 11.4. The number of anilines is 1. The number of pyridine rings is 1. The summed E-state index contributed by atoms with van der Waals surface area (Å²) in [5.41, 5.74) is 4.18. The van der Waals surface area contributed by atoms with Crippen LogP contribution in [0.25, 0.3) is 22.6 Å². The third-order valence-electron chi connectivity index (χ3n) is 7.07. The molecule has 0 aliphatic carbocycles. The fourth-order valence-corrected chi connectivity index (χ4v) is 5.00. The number of carbonyl (C=O) groups excluding carboxylic acids is 1. The Kier molecular flexibility index (Phi) is 8.57. The predicted molar refractivity (Wildman–Crippen MR) is 155 cm³/mol. The number of H-pyrrole nitrogens is 1. The summed E-state index contributed by atoms with van der Waals surface area (Å²) in [6, 6.07) is 13.6. The fourth-order valence-electron chi connectivity index (χ4n) is 4.80. The molecule has 2 aromatic carbocycles. The molecule has 11 heteroatoms. The monoisotopic (exact) mass is 564 g/mol. The maximum Gasteiger partial charge on any atom is 0.257 e. The third-order valence-corrected chi connectivity index (χ3v) is 7.36. The first-order valence-corrected chi connectivity index (χ1v) is 13.5. The van der Waals surface area contributed by atoms with Crippen molar-refractivity contribution in [2.45, 2.75) is 25.4 Å². The number of halogens is 1. The predicted octanol–water partition coefficient (Wildman–Crippen LogP) is 4.50. The molecule has 5 rings (SSSR count). The van der Waals surface area contributed by atoms with Gasteiger partial charge < -0.3 is 29.8 Å². The summed E-state index contributed by atoms with van der Waals surface area (Å²) >= 11 is 6.61. The number of hydrogen-bond donors (Lipinski definition) is 3. The minimum atomic E-state index is -0.188. The minimum absolute atomic E-state index is 0.0352. The van der Waals surface area contributed by atoms with Crippen molar-refractivity contribution < 1.29 is 19.0 Å². The van der Waals surface area contributed by atoms with Gasteiger partial charge in [-0.2, -0.15) is 0 Å². The Morgan fingerprint density at radius 1 is 1.10 bits per heavy atom. The molecule has 40 heavy (non-hydrogen) atoms. The van der Waals surface area contributed by atoms with Gasteiger partial charge in [0.2, 0.25) is 0 Å². The second kappa shape index (κ2) is 12.4. The zero-order valence-electron chi connectivity index (χ0n) is 22.8. The maximum atomic E-state index is 11.4. The standard InChI is InChI=1S/C29H33ClN6O4/c1-31-25(37)17-40-21-7-4-18(5-8-21)28-34-27-26(23(30)15-32-29(27)35-28)33-20-10-12-36(13-11-20)16-19-6-9-22(38-2)14-24(19)39-3/h4-9,14-15,20H,10-13,16-17H2,1-3H3,(H,31,37)(H2,32,33,34,35). The van der Waals surface area contributed by atoms with E-state index in [9.17, 15) is 4.79 Å². The summed E-state index contributed by atoms with van der Waals surface area (Å²) in [7, 11) is 4.92. The summed E-state index contributed by atoms with van der Waals surface area (Å²) in [5.74, 6) is 2.71. The highest BCUT2D eigenvalue weighted by atomic mass is 35.5. The van der Waals surface area contributed by atoms with E-state index in [1.165, 1.54) is 0 Å². The fraction of sp³-hybridized carbons (Fsp3) is 0.345. The Morgan fingerprint density at radius 2 is 1.85 bits per heavy atom. The van der Waals surface area contributed by atoms with Crippen LogP contribution in [0.1, 0.15) is 18.4 Å². The molecule has 1 amide bonds. The van der Waals surface area contributed by atoms with Gasteiger partial charge in [0, 0.05) is 49.9 Å². The molecule has 4 aromatic rings. The van der Waals surface area contributed by atoms with Crippen LogP contribution in [0, 0.1) is 0 Å². The van der Waals surface area contributed by atoms with Crippen LogP contribution in [0.2, 0.25) is 5.02 Å². The summed E-state index contributed by atoms with van der Waals surface area (Å²) < 4.78 is 16.4. The number of amides is 1. The number of fused-ring (bicyclic) bond motifs is 1. The highest BCUT2D eigenvalue weighted by molar-refractivity contribution is 6.34. The van der Waals surface area contributed by atoms with Gasteiger partial charge in [0.1, 0.15) is 28.6 Å². The molecule has 3 N–H and O–H groups in total. The first-order valence-electron chi connectivity index (χ1n) is 13.1. The molecule has 0 unspecified atom stereocenters. The van der Waals surface area contributed by atoms with Gasteiger partial charge in [-0.25, -0.2) is 9.97 Å². The molecule has 0 bridgehead atoms. The molecule has 2 aromatic heterocycles. The quantitative estimate of drug-likeness (QED) is 0.258. The number of aromatic nitrogens is 3. The lowest BCUT2D eigenvalue weighted by Gasteiger charge is -2.33. The number of likely N-dealkylation sites (N-methyl/N-ethyl adjacent to an activating group) is 1. The van der Waals surface area contributed by atoms with Crippen LogP contribution in [-0.2, 0) is 11.3 Å². The first-order chi connectivity index (χ1) is 19.5. The third kappa shape index (κ3) is 6.24. The van der Waals surface area contributed by atoms with Gasteiger partial charge in [0.15, 0.2) is 12.3 Å². The molecule has 1 saturated heterocycles. The second-order valence-electron chi connectivity index (χ2n) is 9.62. The zero-order valence-corrected chi connectivity index (χ0v) is 23.5. The van der Waals surface area contributed by atoms with Gasteiger partial charge in [-0.15, -0.1) is 0 Å². The van der Waals surface area contributed by atoms with Gasteiger partial charge >= 0.3 is 0 Å². The molecule has 10 nitrogen and oxygen atoms in total. The topological polar surface area (TPSA) is 114 Å². The normalized spacial score (nSPS) is 14.2.